The van der Waals surface area contributed by atoms with Crippen molar-refractivity contribution < 1.29 is 42.9 Å². The molecule has 2 aliphatic heterocycles. The van der Waals surface area contributed by atoms with Gasteiger partial charge in [0.05, 0.1) is 0 Å². The number of carbonyl (C=O) groups is 4. The minimum atomic E-state index is -1.25. The molecule has 0 amide bonds. The Morgan fingerprint density at radius 1 is 0.789 bits per heavy atom. The second kappa shape index (κ2) is 14.0. The highest BCUT2D eigenvalue weighted by atomic mass is 32.1. The Bertz CT molecular complexity index is 882. The maximum Gasteiger partial charge on any atom is 0.303 e. The van der Waals surface area contributed by atoms with Crippen LogP contribution in [0.15, 0.2) is 0 Å². The molecule has 0 aromatic rings. The number of nitrogens with zero attached hydrogens (tertiary/aromatic N) is 1. The van der Waals surface area contributed by atoms with E-state index in [1.165, 1.54) is 47.0 Å². The maximum absolute atomic E-state index is 12.0. The summed E-state index contributed by atoms with van der Waals surface area (Å²) in [6, 6.07) is 0.494. The van der Waals surface area contributed by atoms with Gasteiger partial charge in [-0.2, -0.15) is 0 Å². The van der Waals surface area contributed by atoms with Crippen LogP contribution < -0.4 is 10.6 Å². The first kappa shape index (κ1) is 30.0. The van der Waals surface area contributed by atoms with E-state index >= 15 is 0 Å². The first-order valence-electron chi connectivity index (χ1n) is 13.2. The number of hydrogen-bond donors (Lipinski definition) is 2. The van der Waals surface area contributed by atoms with Crippen molar-refractivity contribution in [3.63, 3.8) is 0 Å². The van der Waals surface area contributed by atoms with Crippen molar-refractivity contribution >= 4 is 41.2 Å². The number of carbonyl (C=O) groups excluding carboxylic acids is 4. The van der Waals surface area contributed by atoms with Crippen molar-refractivity contribution in [1.29, 1.82) is 0 Å². The van der Waals surface area contributed by atoms with Crippen molar-refractivity contribution in [2.45, 2.75) is 109 Å². The van der Waals surface area contributed by atoms with Crippen molar-refractivity contribution in [1.82, 2.24) is 15.5 Å². The summed E-state index contributed by atoms with van der Waals surface area (Å²) in [5.74, 6) is -2.61. The quantitative estimate of drug-likeness (QED) is 0.249. The monoisotopic (exact) mass is 557 g/mol. The van der Waals surface area contributed by atoms with E-state index in [1.54, 1.807) is 0 Å². The fourth-order valence-electron chi connectivity index (χ4n) is 5.47. The Hall–Kier alpha value is -2.51. The molecule has 0 aromatic carbocycles. The van der Waals surface area contributed by atoms with Crippen LogP contribution in [0.3, 0.4) is 0 Å². The third-order valence-electron chi connectivity index (χ3n) is 6.92. The molecule has 12 nitrogen and oxygen atoms in total. The highest BCUT2D eigenvalue weighted by Crippen LogP contribution is 2.29. The van der Waals surface area contributed by atoms with E-state index in [0.29, 0.717) is 6.04 Å². The fourth-order valence-corrected chi connectivity index (χ4v) is 5.74. The Kier molecular flexibility index (Phi) is 11.1. The van der Waals surface area contributed by atoms with Gasteiger partial charge < -0.3 is 34.3 Å². The minimum Gasteiger partial charge on any atom is -0.463 e. The van der Waals surface area contributed by atoms with Gasteiger partial charge in [-0.1, -0.05) is 12.8 Å². The Balaban J connectivity index is 1.82. The van der Waals surface area contributed by atoms with Gasteiger partial charge in [-0.3, -0.25) is 24.1 Å². The minimum absolute atomic E-state index is 0.132. The standard InChI is InChI=1S/C25H39N3O9S/c1-14(29)33-13-20-21(34-15(2)30)22(35-16(3)31)23(36-17(4)32)24(37-20)27-25(38)26-18-9-5-6-10-19(18)28-11-7-8-12-28/h18-24H,5-13H2,1-4H3,(H2,26,27,38)/t18-,19-,20?,21+,22?,23?,24+/m0/s1. The average Bonchev–Trinajstić information content (AvgIpc) is 3.36. The van der Waals surface area contributed by atoms with E-state index in [9.17, 15) is 19.2 Å². The Morgan fingerprint density at radius 2 is 1.37 bits per heavy atom. The topological polar surface area (TPSA) is 142 Å². The third kappa shape index (κ3) is 8.50. The molecule has 214 valence electrons. The lowest BCUT2D eigenvalue weighted by Gasteiger charge is -2.45. The van der Waals surface area contributed by atoms with Crippen LogP contribution in [0.4, 0.5) is 0 Å². The van der Waals surface area contributed by atoms with Crippen molar-refractivity contribution in [3.8, 4) is 0 Å². The first-order valence-corrected chi connectivity index (χ1v) is 13.6. The lowest BCUT2D eigenvalue weighted by Crippen LogP contribution is -2.67. The highest BCUT2D eigenvalue weighted by molar-refractivity contribution is 7.80. The molecule has 3 aliphatic rings. The van der Waals surface area contributed by atoms with Gasteiger partial charge >= 0.3 is 23.9 Å². The van der Waals surface area contributed by atoms with Gasteiger partial charge in [0.2, 0.25) is 0 Å². The van der Waals surface area contributed by atoms with Gasteiger partial charge in [-0.15, -0.1) is 0 Å². The molecule has 2 heterocycles. The van der Waals surface area contributed by atoms with Crippen LogP contribution in [0.5, 0.6) is 0 Å². The molecule has 2 saturated heterocycles. The van der Waals surface area contributed by atoms with Gasteiger partial charge in [0, 0.05) is 39.8 Å². The summed E-state index contributed by atoms with van der Waals surface area (Å²) in [5.41, 5.74) is 0. The zero-order chi connectivity index (χ0) is 27.8. The van der Waals surface area contributed by atoms with Crippen molar-refractivity contribution in [2.24, 2.45) is 0 Å². The van der Waals surface area contributed by atoms with Crippen LogP contribution >= 0.6 is 12.2 Å². The lowest BCUT2D eigenvalue weighted by molar-refractivity contribution is -0.255. The van der Waals surface area contributed by atoms with E-state index < -0.39 is 54.5 Å². The zero-order valence-electron chi connectivity index (χ0n) is 22.4. The van der Waals surface area contributed by atoms with Crippen LogP contribution in [0.25, 0.3) is 0 Å². The number of ether oxygens (including phenoxy) is 5. The number of nitrogens with one attached hydrogen (secondary N) is 2. The Labute approximate surface area is 228 Å². The SMILES string of the molecule is CC(=O)OCC1O[C@@H](NC(=S)N[C@H]2CCCC[C@@H]2N2CCCC2)C(OC(C)=O)C(OC(C)=O)[C@@H]1OC(C)=O. The summed E-state index contributed by atoms with van der Waals surface area (Å²) in [6.07, 6.45) is 0.877. The summed E-state index contributed by atoms with van der Waals surface area (Å²) in [7, 11) is 0. The number of esters is 4. The Morgan fingerprint density at radius 3 is 1.97 bits per heavy atom. The average molecular weight is 558 g/mol. The number of hydrogen-bond acceptors (Lipinski definition) is 11. The summed E-state index contributed by atoms with van der Waals surface area (Å²) in [6.45, 7) is 6.64. The molecule has 1 aliphatic carbocycles. The predicted octanol–water partition coefficient (Wildman–Crippen LogP) is 0.941. The second-order valence-corrected chi connectivity index (χ2v) is 10.3. The largest absolute Gasteiger partial charge is 0.463 e. The van der Waals surface area contributed by atoms with Crippen LogP contribution in [-0.2, 0) is 42.9 Å². The van der Waals surface area contributed by atoms with Gasteiger partial charge in [-0.05, 0) is 51.0 Å². The van der Waals surface area contributed by atoms with Crippen LogP contribution in [0, 0.1) is 0 Å². The molecule has 0 spiro atoms. The summed E-state index contributed by atoms with van der Waals surface area (Å²) in [5, 5.41) is 6.75. The second-order valence-electron chi connectivity index (χ2n) is 9.94. The van der Waals surface area contributed by atoms with Gasteiger partial charge in [0.1, 0.15) is 12.7 Å². The first-order chi connectivity index (χ1) is 18.0. The molecule has 0 bridgehead atoms. The van der Waals surface area contributed by atoms with Gasteiger partial charge in [-0.25, -0.2) is 0 Å². The number of rotatable bonds is 8. The number of thiocarbonyl (C=S) groups is 1. The maximum atomic E-state index is 12.0. The summed E-state index contributed by atoms with van der Waals surface area (Å²) >= 11 is 5.64. The molecule has 0 radical (unpaired) electrons. The molecule has 7 atom stereocenters. The van der Waals surface area contributed by atoms with E-state index in [0.717, 1.165) is 32.4 Å². The lowest BCUT2D eigenvalue weighted by atomic mass is 9.89. The molecule has 1 saturated carbocycles. The molecule has 2 N–H and O–H groups in total. The fraction of sp³-hybridized carbons (Fsp3) is 0.800. The van der Waals surface area contributed by atoms with Crippen molar-refractivity contribution in [2.75, 3.05) is 19.7 Å². The molecule has 3 rings (SSSR count). The van der Waals surface area contributed by atoms with E-state index in [4.69, 9.17) is 35.9 Å². The summed E-state index contributed by atoms with van der Waals surface area (Å²) < 4.78 is 27.6. The van der Waals surface area contributed by atoms with Crippen LogP contribution in [0.1, 0.15) is 66.2 Å². The smallest absolute Gasteiger partial charge is 0.303 e. The molecule has 3 unspecified atom stereocenters. The van der Waals surface area contributed by atoms with E-state index in [1.807, 2.05) is 0 Å². The van der Waals surface area contributed by atoms with Crippen LogP contribution in [-0.4, -0.2) is 96.3 Å². The normalized spacial score (nSPS) is 31.5. The van der Waals surface area contributed by atoms with E-state index in [-0.39, 0.29) is 17.8 Å². The molecular weight excluding hydrogens is 518 g/mol. The summed E-state index contributed by atoms with van der Waals surface area (Å²) in [4.78, 5) is 50.0. The van der Waals surface area contributed by atoms with Crippen LogP contribution in [0.2, 0.25) is 0 Å². The van der Waals surface area contributed by atoms with Gasteiger partial charge in [0.15, 0.2) is 29.7 Å². The third-order valence-corrected chi connectivity index (χ3v) is 7.16. The molecule has 13 heteroatoms. The zero-order valence-corrected chi connectivity index (χ0v) is 23.3. The molecule has 0 aromatic heterocycles. The predicted molar refractivity (Wildman–Crippen MR) is 138 cm³/mol. The van der Waals surface area contributed by atoms with E-state index in [2.05, 4.69) is 15.5 Å². The molecule has 3 fully saturated rings. The number of likely N-dealkylation sites (tertiary alicyclic amines) is 1. The van der Waals surface area contributed by atoms with Crippen molar-refractivity contribution in [3.05, 3.63) is 0 Å². The van der Waals surface area contributed by atoms with Gasteiger partial charge in [0.25, 0.3) is 0 Å². The molecule has 38 heavy (non-hydrogen) atoms. The molecular formula is C25H39N3O9S. The highest BCUT2D eigenvalue weighted by Gasteiger charge is 2.52.